The summed E-state index contributed by atoms with van der Waals surface area (Å²) in [6.45, 7) is 4.62. The molecule has 110 valence electrons. The lowest BCUT2D eigenvalue weighted by Crippen LogP contribution is -2.40. The summed E-state index contributed by atoms with van der Waals surface area (Å²) >= 11 is 1.03. The van der Waals surface area contributed by atoms with Crippen molar-refractivity contribution in [2.45, 2.75) is 30.0 Å². The lowest BCUT2D eigenvalue weighted by atomic mass is 10.2. The lowest BCUT2D eigenvalue weighted by Gasteiger charge is -2.26. The van der Waals surface area contributed by atoms with E-state index >= 15 is 0 Å². The predicted molar refractivity (Wildman–Crippen MR) is 79.1 cm³/mol. The van der Waals surface area contributed by atoms with E-state index in [9.17, 15) is 8.42 Å². The van der Waals surface area contributed by atoms with Crippen molar-refractivity contribution in [3.05, 3.63) is 17.0 Å². The number of likely N-dealkylation sites (tertiary alicyclic amines) is 1. The molecular formula is C13H19N3O2S2. The first-order valence-electron chi connectivity index (χ1n) is 6.69. The highest BCUT2D eigenvalue weighted by molar-refractivity contribution is 7.91. The van der Waals surface area contributed by atoms with Gasteiger partial charge in [0.15, 0.2) is 0 Å². The van der Waals surface area contributed by atoms with E-state index in [-0.39, 0.29) is 4.21 Å². The molecule has 0 amide bonds. The molecule has 1 aliphatic rings. The first-order chi connectivity index (χ1) is 9.48. The second-order valence-electron chi connectivity index (χ2n) is 4.94. The van der Waals surface area contributed by atoms with E-state index < -0.39 is 10.0 Å². The quantitative estimate of drug-likeness (QED) is 0.830. The van der Waals surface area contributed by atoms with Gasteiger partial charge < -0.3 is 0 Å². The Labute approximate surface area is 124 Å². The minimum atomic E-state index is -3.47. The molecule has 20 heavy (non-hydrogen) atoms. The van der Waals surface area contributed by atoms with Crippen molar-refractivity contribution in [2.75, 3.05) is 26.7 Å². The SMILES string of the molecule is CCN1CCCC1CN(C)S(=O)(=O)c1ccc(C#N)s1. The van der Waals surface area contributed by atoms with Crippen LogP contribution in [0.5, 0.6) is 0 Å². The van der Waals surface area contributed by atoms with Gasteiger partial charge in [-0.25, -0.2) is 8.42 Å². The molecule has 1 unspecified atom stereocenters. The van der Waals surface area contributed by atoms with E-state index in [2.05, 4.69) is 11.8 Å². The Morgan fingerprint density at radius 1 is 1.55 bits per heavy atom. The number of likely N-dealkylation sites (N-methyl/N-ethyl adjacent to an activating group) is 2. The fourth-order valence-electron chi connectivity index (χ4n) is 2.59. The fraction of sp³-hybridized carbons (Fsp3) is 0.615. The molecule has 0 saturated carbocycles. The van der Waals surface area contributed by atoms with Gasteiger partial charge >= 0.3 is 0 Å². The van der Waals surface area contributed by atoms with Gasteiger partial charge in [0.25, 0.3) is 10.0 Å². The number of sulfonamides is 1. The summed E-state index contributed by atoms with van der Waals surface area (Å²) in [5.74, 6) is 0. The standard InChI is InChI=1S/C13H19N3O2S2/c1-3-16-8-4-5-11(16)10-15(2)20(17,18)13-7-6-12(9-14)19-13/h6-7,11H,3-5,8,10H2,1-2H3. The van der Waals surface area contributed by atoms with Gasteiger partial charge in [0.05, 0.1) is 0 Å². The molecule has 7 heteroatoms. The monoisotopic (exact) mass is 313 g/mol. The third kappa shape index (κ3) is 3.04. The molecule has 0 N–H and O–H groups in total. The Bertz CT molecular complexity index is 603. The number of rotatable bonds is 5. The van der Waals surface area contributed by atoms with Crippen molar-refractivity contribution in [3.8, 4) is 6.07 Å². The number of nitriles is 1. The average molecular weight is 313 g/mol. The predicted octanol–water partition coefficient (Wildman–Crippen LogP) is 1.72. The Morgan fingerprint density at radius 3 is 2.90 bits per heavy atom. The van der Waals surface area contributed by atoms with Crippen LogP contribution in [-0.4, -0.2) is 50.3 Å². The average Bonchev–Trinajstić information content (AvgIpc) is 3.07. The number of hydrogen-bond acceptors (Lipinski definition) is 5. The van der Waals surface area contributed by atoms with Crippen molar-refractivity contribution in [2.24, 2.45) is 0 Å². The molecule has 1 saturated heterocycles. The highest BCUT2D eigenvalue weighted by Crippen LogP contribution is 2.25. The molecule has 0 radical (unpaired) electrons. The highest BCUT2D eigenvalue weighted by Gasteiger charge is 2.29. The molecular weight excluding hydrogens is 294 g/mol. The molecule has 1 aromatic heterocycles. The number of thiophene rings is 1. The molecule has 2 rings (SSSR count). The minimum absolute atomic E-state index is 0.248. The van der Waals surface area contributed by atoms with E-state index in [0.717, 1.165) is 37.3 Å². The summed E-state index contributed by atoms with van der Waals surface area (Å²) in [6, 6.07) is 5.35. The van der Waals surface area contributed by atoms with Gasteiger partial charge in [-0.1, -0.05) is 6.92 Å². The molecule has 1 atom stereocenters. The van der Waals surface area contributed by atoms with Crippen LogP contribution in [0.4, 0.5) is 0 Å². The van der Waals surface area contributed by atoms with Gasteiger partial charge in [-0.2, -0.15) is 9.57 Å². The third-order valence-corrected chi connectivity index (χ3v) is 7.01. The zero-order chi connectivity index (χ0) is 14.8. The Morgan fingerprint density at radius 2 is 2.30 bits per heavy atom. The van der Waals surface area contributed by atoms with Gasteiger partial charge in [-0.05, 0) is 38.1 Å². The van der Waals surface area contributed by atoms with Crippen LogP contribution < -0.4 is 0 Å². The Hall–Kier alpha value is -0.940. The van der Waals surface area contributed by atoms with Crippen LogP contribution in [0.1, 0.15) is 24.6 Å². The minimum Gasteiger partial charge on any atom is -0.299 e. The smallest absolute Gasteiger partial charge is 0.252 e. The normalized spacial score (nSPS) is 20.4. The second-order valence-corrected chi connectivity index (χ2v) is 8.30. The van der Waals surface area contributed by atoms with E-state index in [1.54, 1.807) is 13.1 Å². The number of nitrogens with zero attached hydrogens (tertiary/aromatic N) is 3. The summed E-state index contributed by atoms with van der Waals surface area (Å²) in [6.07, 6.45) is 2.17. The van der Waals surface area contributed by atoms with Crippen molar-refractivity contribution in [3.63, 3.8) is 0 Å². The highest BCUT2D eigenvalue weighted by atomic mass is 32.2. The maximum Gasteiger partial charge on any atom is 0.252 e. The zero-order valence-electron chi connectivity index (χ0n) is 11.7. The molecule has 0 bridgehead atoms. The molecule has 0 aromatic carbocycles. The van der Waals surface area contributed by atoms with Crippen molar-refractivity contribution >= 4 is 21.4 Å². The summed E-state index contributed by atoms with van der Waals surface area (Å²) in [5, 5.41) is 8.80. The van der Waals surface area contributed by atoms with Gasteiger partial charge in [0.1, 0.15) is 15.2 Å². The zero-order valence-corrected chi connectivity index (χ0v) is 13.4. The fourth-order valence-corrected chi connectivity index (χ4v) is 5.11. The van der Waals surface area contributed by atoms with Gasteiger partial charge in [-0.15, -0.1) is 11.3 Å². The van der Waals surface area contributed by atoms with Crippen LogP contribution in [0.25, 0.3) is 0 Å². The molecule has 0 spiro atoms. The topological polar surface area (TPSA) is 64.4 Å². The summed E-state index contributed by atoms with van der Waals surface area (Å²) in [7, 11) is -1.85. The second kappa shape index (κ2) is 6.22. The van der Waals surface area contributed by atoms with Crippen LogP contribution >= 0.6 is 11.3 Å². The van der Waals surface area contributed by atoms with E-state index in [0.29, 0.717) is 17.5 Å². The van der Waals surface area contributed by atoms with Crippen LogP contribution in [-0.2, 0) is 10.0 Å². The van der Waals surface area contributed by atoms with Crippen molar-refractivity contribution < 1.29 is 8.42 Å². The molecule has 5 nitrogen and oxygen atoms in total. The van der Waals surface area contributed by atoms with E-state index in [1.165, 1.54) is 10.4 Å². The Balaban J connectivity index is 2.11. The molecule has 2 heterocycles. The summed E-state index contributed by atoms with van der Waals surface area (Å²) < 4.78 is 26.6. The third-order valence-electron chi connectivity index (χ3n) is 3.73. The molecule has 1 aliphatic heterocycles. The van der Waals surface area contributed by atoms with Gasteiger partial charge in [-0.3, -0.25) is 4.90 Å². The van der Waals surface area contributed by atoms with Crippen molar-refractivity contribution in [1.29, 1.82) is 5.26 Å². The van der Waals surface area contributed by atoms with Crippen molar-refractivity contribution in [1.82, 2.24) is 9.21 Å². The molecule has 1 aromatic rings. The first-order valence-corrected chi connectivity index (χ1v) is 8.95. The Kier molecular flexibility index (Phi) is 4.81. The van der Waals surface area contributed by atoms with Gasteiger partial charge in [0, 0.05) is 19.6 Å². The largest absolute Gasteiger partial charge is 0.299 e. The van der Waals surface area contributed by atoms with Crippen LogP contribution in [0, 0.1) is 11.3 Å². The van der Waals surface area contributed by atoms with Gasteiger partial charge in [0.2, 0.25) is 0 Å². The lowest BCUT2D eigenvalue weighted by molar-refractivity contribution is 0.238. The molecule has 0 aliphatic carbocycles. The molecule has 1 fully saturated rings. The maximum atomic E-state index is 12.5. The van der Waals surface area contributed by atoms with Crippen LogP contribution in [0.15, 0.2) is 16.3 Å². The van der Waals surface area contributed by atoms with E-state index in [4.69, 9.17) is 5.26 Å². The summed E-state index contributed by atoms with van der Waals surface area (Å²) in [5.41, 5.74) is 0. The number of hydrogen-bond donors (Lipinski definition) is 0. The van der Waals surface area contributed by atoms with Crippen LogP contribution in [0.3, 0.4) is 0 Å². The van der Waals surface area contributed by atoms with Crippen LogP contribution in [0.2, 0.25) is 0 Å². The first kappa shape index (κ1) is 15.4. The summed E-state index contributed by atoms with van der Waals surface area (Å²) in [4.78, 5) is 2.74. The maximum absolute atomic E-state index is 12.5. The van der Waals surface area contributed by atoms with E-state index in [1.807, 2.05) is 6.07 Å².